The number of hydrogen-bond acceptors (Lipinski definition) is 4. The summed E-state index contributed by atoms with van der Waals surface area (Å²) in [5.41, 5.74) is 1.94. The smallest absolute Gasteiger partial charge is 0.347 e. The first-order valence-corrected chi connectivity index (χ1v) is 7.59. The number of fused-ring (bicyclic) bond motifs is 1. The maximum Gasteiger partial charge on any atom is 0.347 e. The Bertz CT molecular complexity index is 945. The molecule has 0 saturated heterocycles. The normalized spacial score (nSPS) is 10.6. The number of anilines is 1. The number of carbonyl (C=O) groups is 2. The summed E-state index contributed by atoms with van der Waals surface area (Å²) in [7, 11) is 0. The second kappa shape index (κ2) is 6.37. The van der Waals surface area contributed by atoms with E-state index in [0.717, 1.165) is 5.39 Å². The van der Waals surface area contributed by atoms with Crippen LogP contribution in [0.15, 0.2) is 47.1 Å². The van der Waals surface area contributed by atoms with Gasteiger partial charge in [-0.1, -0.05) is 23.7 Å². The zero-order valence-corrected chi connectivity index (χ0v) is 13.8. The van der Waals surface area contributed by atoms with Crippen LogP contribution in [-0.2, 0) is 4.79 Å². The zero-order valence-electron chi connectivity index (χ0n) is 13.1. The maximum absolute atomic E-state index is 12.5. The first kappa shape index (κ1) is 16.1. The van der Waals surface area contributed by atoms with Crippen LogP contribution >= 0.6 is 11.6 Å². The number of hydrogen-bond donors (Lipinski definition) is 1. The minimum absolute atomic E-state index is 0.231. The van der Waals surface area contributed by atoms with Crippen molar-refractivity contribution in [2.45, 2.75) is 13.8 Å². The third-order valence-corrected chi connectivity index (χ3v) is 3.79. The van der Waals surface area contributed by atoms with Crippen molar-refractivity contribution >= 4 is 40.1 Å². The number of furan rings is 1. The standard InChI is InChI=1S/C18H14ClNO4/c1-10-8-15(20-11(2)21)14(19)9-16(10)24-18(22)13-5-3-4-12-6-7-23-17(12)13/h3-9H,1-2H3,(H,20,21). The van der Waals surface area contributed by atoms with Crippen molar-refractivity contribution in [1.29, 1.82) is 0 Å². The van der Waals surface area contributed by atoms with Crippen LogP contribution in [0, 0.1) is 6.92 Å². The zero-order chi connectivity index (χ0) is 17.3. The largest absolute Gasteiger partial charge is 0.463 e. The molecule has 3 aromatic rings. The van der Waals surface area contributed by atoms with E-state index in [1.807, 2.05) is 6.07 Å². The molecule has 1 heterocycles. The van der Waals surface area contributed by atoms with Gasteiger partial charge in [0.2, 0.25) is 5.91 Å². The van der Waals surface area contributed by atoms with Gasteiger partial charge in [0.05, 0.1) is 17.0 Å². The molecule has 0 saturated carbocycles. The Hall–Kier alpha value is -2.79. The van der Waals surface area contributed by atoms with Gasteiger partial charge < -0.3 is 14.5 Å². The summed E-state index contributed by atoms with van der Waals surface area (Å²) in [6.45, 7) is 3.15. The average molecular weight is 344 g/mol. The molecular formula is C18H14ClNO4. The summed E-state index contributed by atoms with van der Waals surface area (Å²) in [6.07, 6.45) is 1.52. The van der Waals surface area contributed by atoms with Crippen molar-refractivity contribution in [3.05, 3.63) is 58.8 Å². The van der Waals surface area contributed by atoms with E-state index in [0.29, 0.717) is 28.1 Å². The molecule has 0 aliphatic heterocycles. The van der Waals surface area contributed by atoms with Gasteiger partial charge >= 0.3 is 5.97 Å². The highest BCUT2D eigenvalue weighted by molar-refractivity contribution is 6.34. The summed E-state index contributed by atoms with van der Waals surface area (Å²) in [5.74, 6) is -0.449. The third kappa shape index (κ3) is 3.12. The molecule has 0 radical (unpaired) electrons. The monoisotopic (exact) mass is 343 g/mol. The van der Waals surface area contributed by atoms with Crippen molar-refractivity contribution in [2.24, 2.45) is 0 Å². The molecule has 0 aliphatic rings. The van der Waals surface area contributed by atoms with Gasteiger partial charge in [-0.25, -0.2) is 4.79 Å². The van der Waals surface area contributed by atoms with Crippen molar-refractivity contribution in [2.75, 3.05) is 5.32 Å². The van der Waals surface area contributed by atoms with Crippen molar-refractivity contribution < 1.29 is 18.7 Å². The number of rotatable bonds is 3. The van der Waals surface area contributed by atoms with Crippen LogP contribution in [0.1, 0.15) is 22.8 Å². The Labute approximate surface area is 143 Å². The van der Waals surface area contributed by atoms with E-state index >= 15 is 0 Å². The summed E-state index contributed by atoms with van der Waals surface area (Å²) in [5, 5.41) is 3.73. The first-order chi connectivity index (χ1) is 11.5. The van der Waals surface area contributed by atoms with Gasteiger partial charge in [-0.05, 0) is 30.7 Å². The highest BCUT2D eigenvalue weighted by atomic mass is 35.5. The quantitative estimate of drug-likeness (QED) is 0.558. The molecule has 3 rings (SSSR count). The molecule has 0 atom stereocenters. The molecule has 0 fully saturated rings. The first-order valence-electron chi connectivity index (χ1n) is 7.22. The molecule has 0 spiro atoms. The molecule has 2 aromatic carbocycles. The number of para-hydroxylation sites is 1. The van der Waals surface area contributed by atoms with E-state index in [9.17, 15) is 9.59 Å². The lowest BCUT2D eigenvalue weighted by molar-refractivity contribution is -0.114. The minimum Gasteiger partial charge on any atom is -0.463 e. The van der Waals surface area contributed by atoms with Crippen LogP contribution in [-0.4, -0.2) is 11.9 Å². The molecule has 1 aromatic heterocycles. The summed E-state index contributed by atoms with van der Waals surface area (Å²) in [4.78, 5) is 23.6. The lowest BCUT2D eigenvalue weighted by Crippen LogP contribution is -2.11. The number of halogens is 1. The highest BCUT2D eigenvalue weighted by Gasteiger charge is 2.17. The molecule has 6 heteroatoms. The number of nitrogens with one attached hydrogen (secondary N) is 1. The molecule has 122 valence electrons. The van der Waals surface area contributed by atoms with E-state index in [1.165, 1.54) is 19.3 Å². The number of aryl methyl sites for hydroxylation is 1. The molecule has 24 heavy (non-hydrogen) atoms. The van der Waals surface area contributed by atoms with E-state index < -0.39 is 5.97 Å². The minimum atomic E-state index is -0.540. The van der Waals surface area contributed by atoms with E-state index in [2.05, 4.69) is 5.32 Å². The number of carbonyl (C=O) groups excluding carboxylic acids is 2. The Balaban J connectivity index is 1.91. The molecule has 0 aliphatic carbocycles. The van der Waals surface area contributed by atoms with Crippen molar-refractivity contribution in [3.63, 3.8) is 0 Å². The molecular weight excluding hydrogens is 330 g/mol. The highest BCUT2D eigenvalue weighted by Crippen LogP contribution is 2.31. The Morgan fingerprint density at radius 1 is 1.21 bits per heavy atom. The fourth-order valence-electron chi connectivity index (χ4n) is 2.37. The van der Waals surface area contributed by atoms with Crippen molar-refractivity contribution in [3.8, 4) is 5.75 Å². The van der Waals surface area contributed by atoms with Crippen LogP contribution in [0.2, 0.25) is 5.02 Å². The topological polar surface area (TPSA) is 68.5 Å². The van der Waals surface area contributed by atoms with Gasteiger partial charge in [0.1, 0.15) is 16.9 Å². The third-order valence-electron chi connectivity index (χ3n) is 3.48. The Kier molecular flexibility index (Phi) is 4.27. The predicted octanol–water partition coefficient (Wildman–Crippen LogP) is 4.57. The van der Waals surface area contributed by atoms with Gasteiger partial charge in [0, 0.05) is 18.4 Å². The lowest BCUT2D eigenvalue weighted by atomic mass is 10.1. The van der Waals surface area contributed by atoms with Gasteiger partial charge in [0.25, 0.3) is 0 Å². The maximum atomic E-state index is 12.5. The fraction of sp³-hybridized carbons (Fsp3) is 0.111. The Morgan fingerprint density at radius 2 is 2.00 bits per heavy atom. The van der Waals surface area contributed by atoms with Gasteiger partial charge in [-0.15, -0.1) is 0 Å². The predicted molar refractivity (Wildman–Crippen MR) is 91.7 cm³/mol. The van der Waals surface area contributed by atoms with Crippen LogP contribution in [0.25, 0.3) is 11.0 Å². The Morgan fingerprint density at radius 3 is 2.75 bits per heavy atom. The van der Waals surface area contributed by atoms with Crippen molar-refractivity contribution in [1.82, 2.24) is 0 Å². The van der Waals surface area contributed by atoms with E-state index in [1.54, 1.807) is 31.2 Å². The molecule has 1 N–H and O–H groups in total. The number of amides is 1. The molecule has 1 amide bonds. The van der Waals surface area contributed by atoms with E-state index in [4.69, 9.17) is 20.8 Å². The average Bonchev–Trinajstić information content (AvgIpc) is 3.00. The van der Waals surface area contributed by atoms with Crippen LogP contribution < -0.4 is 10.1 Å². The van der Waals surface area contributed by atoms with Gasteiger partial charge in [-0.2, -0.15) is 0 Å². The number of benzene rings is 2. The fourth-order valence-corrected chi connectivity index (χ4v) is 2.57. The number of esters is 1. The lowest BCUT2D eigenvalue weighted by Gasteiger charge is -2.11. The number of ether oxygens (including phenoxy) is 1. The summed E-state index contributed by atoms with van der Waals surface area (Å²) >= 11 is 6.13. The van der Waals surface area contributed by atoms with Crippen LogP contribution in [0.3, 0.4) is 0 Å². The summed E-state index contributed by atoms with van der Waals surface area (Å²) < 4.78 is 10.8. The molecule has 5 nitrogen and oxygen atoms in total. The van der Waals surface area contributed by atoms with Gasteiger partial charge in [-0.3, -0.25) is 4.79 Å². The van der Waals surface area contributed by atoms with Gasteiger partial charge in [0.15, 0.2) is 0 Å². The molecule has 0 unspecified atom stereocenters. The second-order valence-corrected chi connectivity index (χ2v) is 5.72. The SMILES string of the molecule is CC(=O)Nc1cc(C)c(OC(=O)c2cccc3ccoc23)cc1Cl. The molecule has 0 bridgehead atoms. The summed E-state index contributed by atoms with van der Waals surface area (Å²) in [6, 6.07) is 10.2. The second-order valence-electron chi connectivity index (χ2n) is 5.31. The van der Waals surface area contributed by atoms with Crippen LogP contribution in [0.5, 0.6) is 5.75 Å². The van der Waals surface area contributed by atoms with E-state index in [-0.39, 0.29) is 10.9 Å². The van der Waals surface area contributed by atoms with Crippen LogP contribution in [0.4, 0.5) is 5.69 Å².